The molecule has 0 radical (unpaired) electrons. The molecule has 0 bridgehead atoms. The van der Waals surface area contributed by atoms with E-state index in [9.17, 15) is 13.2 Å². The van der Waals surface area contributed by atoms with Crippen LogP contribution in [-0.4, -0.2) is 36.1 Å². The van der Waals surface area contributed by atoms with E-state index in [1.165, 1.54) is 36.0 Å². The second-order valence-corrected chi connectivity index (χ2v) is 8.83. The molecule has 0 aliphatic carbocycles. The van der Waals surface area contributed by atoms with Crippen LogP contribution in [0.4, 0.5) is 4.79 Å². The highest BCUT2D eigenvalue weighted by Crippen LogP contribution is 2.40. The zero-order chi connectivity index (χ0) is 19.4. The molecule has 0 saturated heterocycles. The van der Waals surface area contributed by atoms with E-state index in [2.05, 4.69) is 15.3 Å². The molecular formula is C17H14ClN3O4S2. The fraction of sp³-hybridized carbons (Fsp3) is 0.118. The third-order valence-electron chi connectivity index (χ3n) is 3.63. The summed E-state index contributed by atoms with van der Waals surface area (Å²) >= 11 is 7.42. The Morgan fingerprint density at radius 3 is 2.70 bits per heavy atom. The van der Waals surface area contributed by atoms with Gasteiger partial charge in [0.25, 0.3) is 0 Å². The van der Waals surface area contributed by atoms with Crippen LogP contribution in [0.15, 0.2) is 58.7 Å². The molecule has 3 aromatic heterocycles. The Hall–Kier alpha value is -2.49. The van der Waals surface area contributed by atoms with Crippen molar-refractivity contribution in [2.75, 3.05) is 6.54 Å². The molecule has 0 spiro atoms. The highest BCUT2D eigenvalue weighted by atomic mass is 35.5. The summed E-state index contributed by atoms with van der Waals surface area (Å²) < 4.78 is 26.3. The maximum atomic E-state index is 13.1. The number of amides is 1. The molecule has 0 aliphatic heterocycles. The Kier molecular flexibility index (Phi) is 5.73. The number of nitrogens with zero attached hydrogens (tertiary/aromatic N) is 2. The van der Waals surface area contributed by atoms with Crippen LogP contribution < -0.4 is 5.32 Å². The lowest BCUT2D eigenvalue weighted by atomic mass is 10.2. The first-order chi connectivity index (χ1) is 12.9. The van der Waals surface area contributed by atoms with Crippen LogP contribution in [0.3, 0.4) is 0 Å². The number of sulfone groups is 1. The van der Waals surface area contributed by atoms with Crippen LogP contribution in [-0.2, 0) is 16.3 Å². The Morgan fingerprint density at radius 1 is 1.26 bits per heavy atom. The van der Waals surface area contributed by atoms with Gasteiger partial charge in [0.05, 0.1) is 14.7 Å². The van der Waals surface area contributed by atoms with Crippen LogP contribution in [0.1, 0.15) is 4.88 Å². The second-order valence-electron chi connectivity index (χ2n) is 5.42. The van der Waals surface area contributed by atoms with Crippen molar-refractivity contribution in [2.24, 2.45) is 0 Å². The van der Waals surface area contributed by atoms with Gasteiger partial charge in [0.1, 0.15) is 5.15 Å². The first kappa shape index (κ1) is 19.3. The topological polar surface area (TPSA) is 109 Å². The Morgan fingerprint density at radius 2 is 2.04 bits per heavy atom. The van der Waals surface area contributed by atoms with E-state index in [-0.39, 0.29) is 21.5 Å². The van der Waals surface area contributed by atoms with E-state index in [1.807, 2.05) is 0 Å². The largest absolute Gasteiger partial charge is 0.465 e. The zero-order valence-corrected chi connectivity index (χ0v) is 16.2. The van der Waals surface area contributed by atoms with Crippen molar-refractivity contribution in [3.63, 3.8) is 0 Å². The summed E-state index contributed by atoms with van der Waals surface area (Å²) in [5, 5.41) is 11.2. The first-order valence-corrected chi connectivity index (χ1v) is 10.4. The number of halogens is 1. The molecule has 0 saturated carbocycles. The van der Waals surface area contributed by atoms with Crippen LogP contribution >= 0.6 is 22.9 Å². The summed E-state index contributed by atoms with van der Waals surface area (Å²) in [6.45, 7) is 0.169. The molecule has 27 heavy (non-hydrogen) atoms. The molecule has 3 heterocycles. The van der Waals surface area contributed by atoms with Crippen molar-refractivity contribution >= 4 is 38.9 Å². The van der Waals surface area contributed by atoms with E-state index in [0.717, 1.165) is 0 Å². The highest BCUT2D eigenvalue weighted by molar-refractivity contribution is 7.91. The smallest absolute Gasteiger partial charge is 0.404 e. The Bertz CT molecular complexity index is 1070. The van der Waals surface area contributed by atoms with E-state index in [1.54, 1.807) is 24.3 Å². The number of rotatable bonds is 6. The summed E-state index contributed by atoms with van der Waals surface area (Å²) in [6.07, 6.45) is 3.52. The normalized spacial score (nSPS) is 11.3. The lowest BCUT2D eigenvalue weighted by Gasteiger charge is -2.06. The molecule has 0 aliphatic rings. The molecule has 7 nitrogen and oxygen atoms in total. The summed E-state index contributed by atoms with van der Waals surface area (Å²) in [5.41, 5.74) is 0.504. The molecule has 0 unspecified atom stereocenters. The van der Waals surface area contributed by atoms with E-state index in [0.29, 0.717) is 21.7 Å². The van der Waals surface area contributed by atoms with Gasteiger partial charge in [-0.1, -0.05) is 11.6 Å². The van der Waals surface area contributed by atoms with Crippen molar-refractivity contribution in [3.8, 4) is 10.4 Å². The molecular weight excluding hydrogens is 410 g/mol. The fourth-order valence-corrected chi connectivity index (χ4v) is 5.65. The number of nitrogens with one attached hydrogen (secondary N) is 1. The molecule has 0 aromatic carbocycles. The van der Waals surface area contributed by atoms with Gasteiger partial charge < -0.3 is 10.4 Å². The van der Waals surface area contributed by atoms with Gasteiger partial charge in [-0.05, 0) is 36.8 Å². The number of carbonyl (C=O) groups is 1. The maximum absolute atomic E-state index is 13.1. The molecule has 3 aromatic rings. The number of pyridine rings is 2. The summed E-state index contributed by atoms with van der Waals surface area (Å²) in [7, 11) is -3.83. The number of hydrogen-bond acceptors (Lipinski definition) is 6. The van der Waals surface area contributed by atoms with Gasteiger partial charge in [0.2, 0.25) is 9.84 Å². The lowest BCUT2D eigenvalue weighted by Crippen LogP contribution is -2.22. The quantitative estimate of drug-likeness (QED) is 0.587. The number of thiophene rings is 1. The molecule has 3 rings (SSSR count). The maximum Gasteiger partial charge on any atom is 0.404 e. The molecule has 10 heteroatoms. The van der Waals surface area contributed by atoms with Gasteiger partial charge in [0, 0.05) is 35.6 Å². The van der Waals surface area contributed by atoms with Crippen LogP contribution in [0.25, 0.3) is 10.4 Å². The molecule has 0 atom stereocenters. The number of hydrogen-bond donors (Lipinski definition) is 2. The molecule has 2 N–H and O–H groups in total. The van der Waals surface area contributed by atoms with E-state index < -0.39 is 15.9 Å². The Labute approximate surface area is 164 Å². The van der Waals surface area contributed by atoms with Crippen LogP contribution in [0.2, 0.25) is 5.15 Å². The van der Waals surface area contributed by atoms with E-state index >= 15 is 0 Å². The average Bonchev–Trinajstić information content (AvgIpc) is 3.07. The minimum Gasteiger partial charge on any atom is -0.465 e. The first-order valence-electron chi connectivity index (χ1n) is 7.75. The summed E-state index contributed by atoms with van der Waals surface area (Å²) in [6, 6.07) is 7.94. The summed E-state index contributed by atoms with van der Waals surface area (Å²) in [5.74, 6) is 0. The second kappa shape index (κ2) is 8.03. The van der Waals surface area contributed by atoms with Crippen molar-refractivity contribution < 1.29 is 18.3 Å². The minimum absolute atomic E-state index is 0.0688. The van der Waals surface area contributed by atoms with E-state index in [4.69, 9.17) is 16.7 Å². The highest BCUT2D eigenvalue weighted by Gasteiger charge is 2.26. The molecule has 0 fully saturated rings. The van der Waals surface area contributed by atoms with Gasteiger partial charge >= 0.3 is 6.09 Å². The van der Waals surface area contributed by atoms with Crippen molar-refractivity contribution in [1.29, 1.82) is 0 Å². The monoisotopic (exact) mass is 423 g/mol. The minimum atomic E-state index is -3.83. The molecule has 140 valence electrons. The van der Waals surface area contributed by atoms with Gasteiger partial charge in [-0.2, -0.15) is 0 Å². The number of aromatic nitrogens is 2. The van der Waals surface area contributed by atoms with Gasteiger partial charge in [-0.25, -0.2) is 18.2 Å². The Balaban J connectivity index is 2.10. The van der Waals surface area contributed by atoms with Crippen LogP contribution in [0, 0.1) is 0 Å². The third kappa shape index (κ3) is 4.26. The van der Waals surface area contributed by atoms with Crippen molar-refractivity contribution in [3.05, 3.63) is 59.0 Å². The fourth-order valence-electron chi connectivity index (χ4n) is 2.41. The average molecular weight is 424 g/mol. The van der Waals surface area contributed by atoms with Crippen molar-refractivity contribution in [2.45, 2.75) is 16.2 Å². The van der Waals surface area contributed by atoms with Gasteiger partial charge in [-0.15, -0.1) is 11.3 Å². The van der Waals surface area contributed by atoms with Gasteiger partial charge in [-0.3, -0.25) is 4.98 Å². The SMILES string of the molecule is O=C(O)NCCc1cc(S(=O)(=O)c2cccnc2)c(-c2cccnc2Cl)s1. The standard InChI is InChI=1S/C17H14ClN3O4S2/c18-16-13(4-2-7-20-16)15-14(9-11(26-15)5-8-21-17(22)23)27(24,25)12-3-1-6-19-10-12/h1-4,6-7,9-10,21H,5,8H2,(H,22,23). The van der Waals surface area contributed by atoms with Gasteiger partial charge in [0.15, 0.2) is 0 Å². The molecule has 1 amide bonds. The van der Waals surface area contributed by atoms with Crippen LogP contribution in [0.5, 0.6) is 0 Å². The third-order valence-corrected chi connectivity index (χ3v) is 7.06. The lowest BCUT2D eigenvalue weighted by molar-refractivity contribution is 0.194. The van der Waals surface area contributed by atoms with Crippen molar-refractivity contribution in [1.82, 2.24) is 15.3 Å². The summed E-state index contributed by atoms with van der Waals surface area (Å²) in [4.78, 5) is 19.9. The predicted molar refractivity (Wildman–Crippen MR) is 102 cm³/mol. The zero-order valence-electron chi connectivity index (χ0n) is 13.8. The predicted octanol–water partition coefficient (Wildman–Crippen LogP) is 3.50. The number of carboxylic acid groups (broad SMARTS) is 1.